The highest BCUT2D eigenvalue weighted by molar-refractivity contribution is 6.76. The number of carboxylic acid groups (broad SMARTS) is 1. The molecule has 2 saturated carbocycles. The van der Waals surface area contributed by atoms with Gasteiger partial charge in [0, 0.05) is 50.3 Å². The number of rotatable bonds is 23. The molecule has 4 aromatic heterocycles. The van der Waals surface area contributed by atoms with Gasteiger partial charge in [-0.1, -0.05) is 62.1 Å². The Hall–Kier alpha value is -7.58. The molecule has 406 valence electrons. The number of nitrogens with zero attached hydrogens (tertiary/aromatic N) is 7. The number of esters is 1. The first-order valence-corrected chi connectivity index (χ1v) is 29.4. The van der Waals surface area contributed by atoms with Crippen LogP contribution in [0.1, 0.15) is 70.1 Å². The number of benzene rings is 3. The predicted octanol–water partition coefficient (Wildman–Crippen LogP) is 11.5. The number of carbonyl (C=O) groups excluding carboxylic acids is 1. The molecule has 7 aromatic rings. The van der Waals surface area contributed by atoms with E-state index in [-0.39, 0.29) is 79.5 Å². The normalized spacial score (nSPS) is 14.1. The van der Waals surface area contributed by atoms with E-state index in [1.807, 2.05) is 77.9 Å². The fourth-order valence-corrected chi connectivity index (χ4v) is 8.73. The first-order chi connectivity index (χ1) is 36.7. The molecule has 2 N–H and O–H groups in total. The number of carboxylic acids is 1. The van der Waals surface area contributed by atoms with Gasteiger partial charge >= 0.3 is 24.0 Å². The second kappa shape index (κ2) is 23.8. The van der Waals surface area contributed by atoms with Gasteiger partial charge in [-0.2, -0.15) is 14.6 Å². The third-order valence-electron chi connectivity index (χ3n) is 13.0. The van der Waals surface area contributed by atoms with Crippen molar-refractivity contribution in [2.75, 3.05) is 19.8 Å². The molecule has 0 amide bonds. The summed E-state index contributed by atoms with van der Waals surface area (Å²) in [6.07, 6.45) is 5.70. The fraction of sp³-hybridized carbons (Fsp3) is 0.404. The number of hydrogen-bond acceptors (Lipinski definition) is 14. The van der Waals surface area contributed by atoms with Crippen molar-refractivity contribution in [2.24, 2.45) is 10.8 Å². The highest BCUT2D eigenvalue weighted by Crippen LogP contribution is 2.48. The van der Waals surface area contributed by atoms with Crippen molar-refractivity contribution in [1.29, 1.82) is 0 Å². The summed E-state index contributed by atoms with van der Waals surface area (Å²) < 4.78 is 66.1. The number of nitrogens with one attached hydrogen (secondary N) is 1. The zero-order valence-corrected chi connectivity index (χ0v) is 46.0. The van der Waals surface area contributed by atoms with Crippen molar-refractivity contribution >= 4 is 20.0 Å². The molecule has 3 aromatic carbocycles. The lowest BCUT2D eigenvalue weighted by Gasteiger charge is -2.16. The Morgan fingerprint density at radius 2 is 1.31 bits per heavy atom. The Labute approximate surface area is 447 Å². The van der Waals surface area contributed by atoms with Crippen LogP contribution in [0.15, 0.2) is 91.3 Å². The van der Waals surface area contributed by atoms with Crippen LogP contribution in [0.2, 0.25) is 25.7 Å². The topological polar surface area (TPSA) is 208 Å². The average molecular weight is 1070 g/mol. The van der Waals surface area contributed by atoms with E-state index in [4.69, 9.17) is 28.4 Å². The minimum Gasteiger partial charge on any atom is -0.481 e. The van der Waals surface area contributed by atoms with Crippen LogP contribution in [0.25, 0.3) is 45.0 Å². The minimum absolute atomic E-state index is 0.0859. The van der Waals surface area contributed by atoms with Crippen LogP contribution in [0.3, 0.4) is 0 Å². The van der Waals surface area contributed by atoms with Crippen LogP contribution in [0.4, 0.5) is 8.78 Å². The van der Waals surface area contributed by atoms with Gasteiger partial charge in [-0.3, -0.25) is 14.7 Å². The van der Waals surface area contributed by atoms with Gasteiger partial charge in [0.2, 0.25) is 11.8 Å². The predicted molar refractivity (Wildman–Crippen MR) is 287 cm³/mol. The second-order valence-electron chi connectivity index (χ2n) is 21.4. The maximum Gasteiger partial charge on any atom is 0.336 e. The molecule has 2 aliphatic carbocycles. The van der Waals surface area contributed by atoms with Gasteiger partial charge in [-0.15, -0.1) is 10.2 Å². The number of ether oxygens (including phenoxy) is 6. The van der Waals surface area contributed by atoms with E-state index in [1.54, 1.807) is 42.7 Å². The van der Waals surface area contributed by atoms with Crippen molar-refractivity contribution in [3.05, 3.63) is 120 Å². The molecule has 2 aliphatic rings. The van der Waals surface area contributed by atoms with Crippen LogP contribution < -0.4 is 18.9 Å². The number of pyridine rings is 2. The minimum atomic E-state index is -1.24. The van der Waals surface area contributed by atoms with E-state index in [0.29, 0.717) is 55.2 Å². The number of hydrogen-bond donors (Lipinski definition) is 2. The quantitative estimate of drug-likeness (QED) is 0.0347. The molecule has 0 radical (unpaired) electrons. The van der Waals surface area contributed by atoms with E-state index in [9.17, 15) is 19.1 Å². The van der Waals surface area contributed by atoms with E-state index in [1.165, 1.54) is 16.8 Å². The number of aryl methyl sites for hydroxylation is 2. The summed E-state index contributed by atoms with van der Waals surface area (Å²) in [6.45, 7) is 19.5. The van der Waals surface area contributed by atoms with Crippen LogP contribution in [0.5, 0.6) is 23.8 Å². The third-order valence-corrected chi connectivity index (χ3v) is 14.7. The molecule has 0 saturated heterocycles. The van der Waals surface area contributed by atoms with Crippen LogP contribution >= 0.6 is 0 Å². The fourth-order valence-electron chi connectivity index (χ4n) is 7.97. The van der Waals surface area contributed by atoms with Gasteiger partial charge in [-0.25, -0.2) is 18.7 Å². The zero-order chi connectivity index (χ0) is 55.1. The lowest BCUT2D eigenvalue weighted by atomic mass is 10.0. The van der Waals surface area contributed by atoms with E-state index in [2.05, 4.69) is 54.9 Å². The van der Waals surface area contributed by atoms with Crippen molar-refractivity contribution in [3.8, 4) is 68.8 Å². The van der Waals surface area contributed by atoms with Crippen LogP contribution in [0, 0.1) is 36.3 Å². The summed E-state index contributed by atoms with van der Waals surface area (Å²) in [6, 6.07) is 24.4. The lowest BCUT2D eigenvalue weighted by molar-refractivity contribution is -0.153. The van der Waals surface area contributed by atoms with E-state index >= 15 is 4.39 Å². The Morgan fingerprint density at radius 1 is 0.740 bits per heavy atom. The highest BCUT2D eigenvalue weighted by Gasteiger charge is 2.53. The van der Waals surface area contributed by atoms with E-state index in [0.717, 1.165) is 33.9 Å². The second-order valence-corrected chi connectivity index (χ2v) is 27.1. The molecule has 0 atom stereocenters. The number of aromatic nitrogens is 8. The Balaban J connectivity index is 0.000000220. The van der Waals surface area contributed by atoms with Gasteiger partial charge in [0.1, 0.15) is 49.0 Å². The number of aromatic amines is 1. The lowest BCUT2D eigenvalue weighted by Crippen LogP contribution is -2.26. The number of halogens is 2. The summed E-state index contributed by atoms with van der Waals surface area (Å²) in [7, 11) is -1.24. The number of aliphatic carboxylic acids is 1. The maximum absolute atomic E-state index is 15.5. The summed E-state index contributed by atoms with van der Waals surface area (Å²) in [5.41, 5.74) is 4.59. The third kappa shape index (κ3) is 14.5. The first kappa shape index (κ1) is 55.6. The molecule has 0 spiro atoms. The smallest absolute Gasteiger partial charge is 0.336 e. The monoisotopic (exact) mass is 1070 g/mol. The molecule has 77 heavy (non-hydrogen) atoms. The summed E-state index contributed by atoms with van der Waals surface area (Å²) in [4.78, 5) is 41.4. The van der Waals surface area contributed by atoms with Crippen molar-refractivity contribution in [3.63, 3.8) is 0 Å². The molecule has 2 fully saturated rings. The maximum atomic E-state index is 15.5. The Kier molecular flexibility index (Phi) is 17.2. The molecule has 20 heteroatoms. The molecule has 0 bridgehead atoms. The summed E-state index contributed by atoms with van der Waals surface area (Å²) >= 11 is 0. The first-order valence-electron chi connectivity index (χ1n) is 25.7. The Morgan fingerprint density at radius 3 is 1.83 bits per heavy atom. The van der Waals surface area contributed by atoms with Crippen LogP contribution in [-0.2, 0) is 32.4 Å². The highest BCUT2D eigenvalue weighted by atomic mass is 28.3. The summed E-state index contributed by atoms with van der Waals surface area (Å²) in [5.74, 6) is -0.751. The van der Waals surface area contributed by atoms with Gasteiger partial charge in [0.15, 0.2) is 11.6 Å². The molecule has 9 rings (SSSR count). The number of H-pyrrole nitrogens is 1. The molecular formula is C57H66F2N8O9Si. The van der Waals surface area contributed by atoms with Gasteiger partial charge in [-0.05, 0) is 125 Å². The van der Waals surface area contributed by atoms with Crippen molar-refractivity contribution in [1.82, 2.24) is 39.9 Å². The summed E-state index contributed by atoms with van der Waals surface area (Å²) in [5, 5.41) is 20.4. The van der Waals surface area contributed by atoms with Crippen molar-refractivity contribution in [2.45, 2.75) is 118 Å². The standard InChI is InChI=1S/C35H43FN4O5Si.C22H23FN4O4/c1-24(2)45-34-38-32(39-40(34)23-42-16-17-46(4,5)6)28-13-12-27(19-30(28)36)29-20-37-31(18-25(29)3)44-22-35(14-15-35)33(41)43-21-26-10-8-7-9-11-26;1-12(2)31-21-25-19(26-27-21)15-5-4-14(9-17(15)23)16-10-24-18(8-13(16)3)30-11-22(6-7-22)20(28)29/h7-13,18-20,24H,14-17,21-23H2,1-6H3;4-5,8-10,12H,6-7,11H2,1-3H3,(H,28,29)(H,25,26,27). The molecule has 4 heterocycles. The molecular weight excluding hydrogens is 1010 g/mol. The Bertz CT molecular complexity index is 3190. The molecule has 0 aliphatic heterocycles. The molecule has 17 nitrogen and oxygen atoms in total. The van der Waals surface area contributed by atoms with Gasteiger partial charge in [0.05, 0.1) is 23.3 Å². The largest absolute Gasteiger partial charge is 0.481 e. The van der Waals surface area contributed by atoms with E-state index < -0.39 is 36.5 Å². The SMILES string of the molecule is Cc1cc(OCC2(C(=O)O)CC2)ncc1-c1ccc(-c2nc(OC(C)C)n[nH]2)c(F)c1.Cc1cc(OCC2(C(=O)OCc3ccccc3)CC2)ncc1-c1ccc(-c2nc(OC(C)C)n(COCC[Si](C)(C)C)n2)c(F)c1. The molecule has 0 unspecified atom stereocenters. The van der Waals surface area contributed by atoms with Crippen LogP contribution in [-0.4, -0.2) is 97.1 Å². The number of carbonyl (C=O) groups is 2. The van der Waals surface area contributed by atoms with Crippen molar-refractivity contribution < 1.29 is 51.9 Å². The zero-order valence-electron chi connectivity index (χ0n) is 45.0. The van der Waals surface area contributed by atoms with Gasteiger partial charge in [0.25, 0.3) is 0 Å². The van der Waals surface area contributed by atoms with Gasteiger partial charge < -0.3 is 33.5 Å². The average Bonchev–Trinajstić information content (AvgIpc) is 4.28.